The molecule has 1 heteroatoms. The number of carbonyl (C=O) groups excluding carboxylic acids is 1. The molecule has 0 aliphatic heterocycles. The number of benzene rings is 2. The molecule has 2 rings (SSSR count). The Morgan fingerprint density at radius 2 is 1.87 bits per heavy atom. The molecule has 0 fully saturated rings. The minimum atomic E-state index is 0.0350. The van der Waals surface area contributed by atoms with Crippen LogP contribution in [0.2, 0.25) is 0 Å². The van der Waals surface area contributed by atoms with Crippen LogP contribution < -0.4 is 0 Å². The van der Waals surface area contributed by atoms with E-state index < -0.39 is 0 Å². The van der Waals surface area contributed by atoms with Gasteiger partial charge in [-0.05, 0) is 24.1 Å². The molecule has 2 aromatic rings. The fourth-order valence-corrected chi connectivity index (χ4v) is 1.39. The summed E-state index contributed by atoms with van der Waals surface area (Å²) in [6.07, 6.45) is 0. The van der Waals surface area contributed by atoms with Gasteiger partial charge in [-0.1, -0.05) is 42.5 Å². The van der Waals surface area contributed by atoms with Crippen LogP contribution in [-0.4, -0.2) is 5.78 Å². The molecule has 0 aliphatic rings. The van der Waals surface area contributed by atoms with E-state index in [4.69, 9.17) is 0 Å². The smallest absolute Gasteiger partial charge is 0.160 e. The van der Waals surface area contributed by atoms with Crippen LogP contribution in [0.1, 0.15) is 17.3 Å². The summed E-state index contributed by atoms with van der Waals surface area (Å²) in [5, 5.41) is 0. The predicted octanol–water partition coefficient (Wildman–Crippen LogP) is 3.16. The van der Waals surface area contributed by atoms with Crippen molar-refractivity contribution in [1.82, 2.24) is 0 Å². The van der Waals surface area contributed by atoms with Crippen LogP contribution in [0, 0.1) is 12.1 Å². The number of rotatable bonds is 2. The molecule has 72 valence electrons. The van der Waals surface area contributed by atoms with E-state index in [-0.39, 0.29) is 5.78 Å². The summed E-state index contributed by atoms with van der Waals surface area (Å²) in [7, 11) is 0. The Morgan fingerprint density at radius 3 is 2.53 bits per heavy atom. The lowest BCUT2D eigenvalue weighted by atomic mass is 10.0. The lowest BCUT2D eigenvalue weighted by Crippen LogP contribution is -1.92. The fourth-order valence-electron chi connectivity index (χ4n) is 1.39. The van der Waals surface area contributed by atoms with Gasteiger partial charge in [0.15, 0.2) is 5.78 Å². The monoisotopic (exact) mass is 194 g/mol. The second-order valence-corrected chi connectivity index (χ2v) is 3.31. The standard InChI is InChI=1S/C14H10O/c1-11(15)13-8-5-9-14(10-13)12-6-3-2-4-7-12/h2-6,8-9H,1H3. The molecule has 0 N–H and O–H groups in total. The van der Waals surface area contributed by atoms with Crippen molar-refractivity contribution in [3.8, 4) is 11.1 Å². The minimum absolute atomic E-state index is 0.0350. The van der Waals surface area contributed by atoms with Gasteiger partial charge in [-0.2, -0.15) is 0 Å². The highest BCUT2D eigenvalue weighted by molar-refractivity contribution is 5.94. The van der Waals surface area contributed by atoms with Crippen LogP contribution in [0.4, 0.5) is 0 Å². The molecule has 0 saturated heterocycles. The van der Waals surface area contributed by atoms with Gasteiger partial charge in [-0.3, -0.25) is 4.79 Å². The second-order valence-electron chi connectivity index (χ2n) is 3.31. The number of Topliss-reactive ketones (excluding diaryl/α,β-unsaturated/α-hetero) is 1. The van der Waals surface area contributed by atoms with Crippen LogP contribution >= 0.6 is 0 Å². The van der Waals surface area contributed by atoms with Gasteiger partial charge in [0.2, 0.25) is 0 Å². The Morgan fingerprint density at radius 1 is 1.07 bits per heavy atom. The van der Waals surface area contributed by atoms with E-state index in [2.05, 4.69) is 12.1 Å². The average molecular weight is 194 g/mol. The van der Waals surface area contributed by atoms with E-state index in [1.807, 2.05) is 36.4 Å². The van der Waals surface area contributed by atoms with Crippen molar-refractivity contribution >= 4 is 5.78 Å². The Kier molecular flexibility index (Phi) is 2.64. The van der Waals surface area contributed by atoms with Crippen molar-refractivity contribution in [3.05, 3.63) is 60.2 Å². The fraction of sp³-hybridized carbons (Fsp3) is 0.0714. The van der Waals surface area contributed by atoms with Gasteiger partial charge in [0.25, 0.3) is 0 Å². The Hall–Kier alpha value is -1.89. The van der Waals surface area contributed by atoms with Crippen molar-refractivity contribution in [1.29, 1.82) is 0 Å². The Balaban J connectivity index is 2.46. The van der Waals surface area contributed by atoms with E-state index in [1.54, 1.807) is 13.0 Å². The van der Waals surface area contributed by atoms with E-state index in [1.165, 1.54) is 0 Å². The maximum Gasteiger partial charge on any atom is 0.160 e. The number of carbonyl (C=O) groups is 1. The summed E-state index contributed by atoms with van der Waals surface area (Å²) in [4.78, 5) is 11.2. The van der Waals surface area contributed by atoms with Gasteiger partial charge >= 0.3 is 0 Å². The van der Waals surface area contributed by atoms with Gasteiger partial charge < -0.3 is 0 Å². The van der Waals surface area contributed by atoms with Crippen molar-refractivity contribution in [2.45, 2.75) is 6.92 Å². The van der Waals surface area contributed by atoms with Gasteiger partial charge in [0, 0.05) is 11.6 Å². The highest BCUT2D eigenvalue weighted by atomic mass is 16.1. The Labute approximate surface area is 89.4 Å². The summed E-state index contributed by atoms with van der Waals surface area (Å²) in [6.45, 7) is 1.55. The van der Waals surface area contributed by atoms with Gasteiger partial charge in [-0.15, -0.1) is 0 Å². The first-order valence-electron chi connectivity index (χ1n) is 4.78. The summed E-state index contributed by atoms with van der Waals surface area (Å²) in [6, 6.07) is 19.4. The maximum atomic E-state index is 11.2. The topological polar surface area (TPSA) is 17.1 Å². The summed E-state index contributed by atoms with van der Waals surface area (Å²) in [5.41, 5.74) is 2.48. The third-order valence-corrected chi connectivity index (χ3v) is 2.17. The summed E-state index contributed by atoms with van der Waals surface area (Å²) in [5.74, 6) is 0.0350. The number of hydrogen-bond donors (Lipinski definition) is 0. The van der Waals surface area contributed by atoms with E-state index >= 15 is 0 Å². The van der Waals surface area contributed by atoms with E-state index in [0.717, 1.165) is 11.1 Å². The molecular formula is C14H10O. The summed E-state index contributed by atoms with van der Waals surface area (Å²) >= 11 is 0. The molecule has 0 unspecified atom stereocenters. The van der Waals surface area contributed by atoms with Crippen LogP contribution in [0.25, 0.3) is 11.1 Å². The second kappa shape index (κ2) is 4.09. The van der Waals surface area contributed by atoms with Gasteiger partial charge in [-0.25, -0.2) is 0 Å². The first kappa shape index (κ1) is 9.66. The molecule has 0 bridgehead atoms. The quantitative estimate of drug-likeness (QED) is 0.671. The summed E-state index contributed by atoms with van der Waals surface area (Å²) < 4.78 is 0. The third-order valence-electron chi connectivity index (χ3n) is 2.17. The molecule has 0 saturated carbocycles. The van der Waals surface area contributed by atoms with Crippen LogP contribution in [0.15, 0.2) is 42.5 Å². The van der Waals surface area contributed by atoms with Crippen molar-refractivity contribution < 1.29 is 4.79 Å². The zero-order valence-electron chi connectivity index (χ0n) is 8.45. The lowest BCUT2D eigenvalue weighted by molar-refractivity contribution is 0.101. The molecular weight excluding hydrogens is 184 g/mol. The van der Waals surface area contributed by atoms with Crippen LogP contribution in [0.5, 0.6) is 0 Å². The Bertz CT molecular complexity index is 472. The highest BCUT2D eigenvalue weighted by Gasteiger charge is 2.02. The molecule has 0 atom stereocenters. The molecule has 0 amide bonds. The third kappa shape index (κ3) is 2.13. The van der Waals surface area contributed by atoms with E-state index in [9.17, 15) is 4.79 Å². The molecule has 0 spiro atoms. The molecule has 2 radical (unpaired) electrons. The maximum absolute atomic E-state index is 11.2. The van der Waals surface area contributed by atoms with Crippen molar-refractivity contribution in [2.75, 3.05) is 0 Å². The molecule has 0 aliphatic carbocycles. The van der Waals surface area contributed by atoms with Crippen molar-refractivity contribution in [2.24, 2.45) is 0 Å². The molecule has 1 nitrogen and oxygen atoms in total. The molecule has 0 heterocycles. The molecule has 15 heavy (non-hydrogen) atoms. The van der Waals surface area contributed by atoms with Gasteiger partial charge in [0.05, 0.1) is 0 Å². The SMILES string of the molecule is CC(=O)c1[c]c(-c2[c]cccc2)ccc1. The van der Waals surface area contributed by atoms with Gasteiger partial charge in [0.1, 0.15) is 0 Å². The van der Waals surface area contributed by atoms with Crippen molar-refractivity contribution in [3.63, 3.8) is 0 Å². The minimum Gasteiger partial charge on any atom is -0.294 e. The number of hydrogen-bond acceptors (Lipinski definition) is 1. The van der Waals surface area contributed by atoms with Crippen LogP contribution in [-0.2, 0) is 0 Å². The highest BCUT2D eigenvalue weighted by Crippen LogP contribution is 2.18. The first-order chi connectivity index (χ1) is 7.27. The largest absolute Gasteiger partial charge is 0.294 e. The normalized spacial score (nSPS) is 9.93. The first-order valence-corrected chi connectivity index (χ1v) is 4.78. The average Bonchev–Trinajstić information content (AvgIpc) is 2.30. The lowest BCUT2D eigenvalue weighted by Gasteiger charge is -2.01. The van der Waals surface area contributed by atoms with Crippen LogP contribution in [0.3, 0.4) is 0 Å². The molecule has 0 aromatic heterocycles. The number of ketones is 1. The predicted molar refractivity (Wildman–Crippen MR) is 59.6 cm³/mol. The molecule has 2 aromatic carbocycles. The van der Waals surface area contributed by atoms with E-state index in [0.29, 0.717) is 5.56 Å². The zero-order chi connectivity index (χ0) is 10.7. The zero-order valence-corrected chi connectivity index (χ0v) is 8.45.